The summed E-state index contributed by atoms with van der Waals surface area (Å²) in [5.74, 6) is 0. The van der Waals surface area contributed by atoms with E-state index in [1.807, 2.05) is 30.0 Å². The lowest BCUT2D eigenvalue weighted by atomic mass is 10.1. The highest BCUT2D eigenvalue weighted by Crippen LogP contribution is 2.50. The van der Waals surface area contributed by atoms with Crippen LogP contribution in [-0.2, 0) is 0 Å². The van der Waals surface area contributed by atoms with Crippen molar-refractivity contribution < 1.29 is 0 Å². The van der Waals surface area contributed by atoms with Crippen LogP contribution in [0.1, 0.15) is 62.5 Å². The molecular formula is C20H25N3S. The van der Waals surface area contributed by atoms with Crippen molar-refractivity contribution in [3.05, 3.63) is 29.3 Å². The van der Waals surface area contributed by atoms with Gasteiger partial charge in [-0.3, -0.25) is 0 Å². The number of aryl methyl sites for hydroxylation is 1. The minimum atomic E-state index is 0.419. The lowest BCUT2D eigenvalue weighted by Gasteiger charge is -2.27. The van der Waals surface area contributed by atoms with E-state index < -0.39 is 0 Å². The molecule has 2 saturated carbocycles. The Bertz CT molecular complexity index is 691. The fourth-order valence-electron chi connectivity index (χ4n) is 4.48. The van der Waals surface area contributed by atoms with E-state index in [9.17, 15) is 0 Å². The van der Waals surface area contributed by atoms with Crippen LogP contribution in [0, 0.1) is 18.3 Å². The second-order valence-corrected chi connectivity index (χ2v) is 9.00. The average Bonchev–Trinajstić information content (AvgIpc) is 3.32. The summed E-state index contributed by atoms with van der Waals surface area (Å²) in [5, 5.41) is 10.3. The Morgan fingerprint density at radius 2 is 1.96 bits per heavy atom. The topological polar surface area (TPSA) is 39.4 Å². The Morgan fingerprint density at radius 1 is 1.21 bits per heavy atom. The van der Waals surface area contributed by atoms with Gasteiger partial charge in [0.1, 0.15) is 0 Å². The highest BCUT2D eigenvalue weighted by molar-refractivity contribution is 8.15. The molecule has 1 aliphatic heterocycles. The number of rotatable bonds is 2. The van der Waals surface area contributed by atoms with Gasteiger partial charge in [0, 0.05) is 17.3 Å². The van der Waals surface area contributed by atoms with Crippen molar-refractivity contribution >= 4 is 22.6 Å². The van der Waals surface area contributed by atoms with Crippen LogP contribution in [0.5, 0.6) is 0 Å². The molecule has 0 amide bonds. The third-order valence-electron chi connectivity index (χ3n) is 5.83. The SMILES string of the molecule is Cc1cc(C#N)ccc1N=C1SC2(CCCC2)CN1C1CCCC1. The monoisotopic (exact) mass is 339 g/mol. The van der Waals surface area contributed by atoms with E-state index in [-0.39, 0.29) is 0 Å². The maximum atomic E-state index is 9.06. The van der Waals surface area contributed by atoms with Crippen molar-refractivity contribution in [3.63, 3.8) is 0 Å². The van der Waals surface area contributed by atoms with E-state index in [4.69, 9.17) is 10.3 Å². The van der Waals surface area contributed by atoms with E-state index in [2.05, 4.69) is 17.9 Å². The van der Waals surface area contributed by atoms with Crippen molar-refractivity contribution in [3.8, 4) is 6.07 Å². The summed E-state index contributed by atoms with van der Waals surface area (Å²) in [7, 11) is 0. The second kappa shape index (κ2) is 6.44. The molecule has 1 saturated heterocycles. The fraction of sp³-hybridized carbons (Fsp3) is 0.600. The Kier molecular flexibility index (Phi) is 4.30. The minimum absolute atomic E-state index is 0.419. The molecule has 24 heavy (non-hydrogen) atoms. The van der Waals surface area contributed by atoms with Gasteiger partial charge in [0.15, 0.2) is 5.17 Å². The molecule has 3 nitrogen and oxygen atoms in total. The van der Waals surface area contributed by atoms with E-state index in [0.717, 1.165) is 16.8 Å². The maximum absolute atomic E-state index is 9.06. The number of benzene rings is 1. The lowest BCUT2D eigenvalue weighted by Crippen LogP contribution is -2.37. The Morgan fingerprint density at radius 3 is 2.62 bits per heavy atom. The molecule has 3 fully saturated rings. The van der Waals surface area contributed by atoms with Gasteiger partial charge in [0.05, 0.1) is 17.3 Å². The van der Waals surface area contributed by atoms with Gasteiger partial charge in [-0.25, -0.2) is 4.99 Å². The summed E-state index contributed by atoms with van der Waals surface area (Å²) in [6.45, 7) is 3.25. The largest absolute Gasteiger partial charge is 0.347 e. The Hall–Kier alpha value is -1.47. The summed E-state index contributed by atoms with van der Waals surface area (Å²) in [6, 6.07) is 8.75. The number of hydrogen-bond donors (Lipinski definition) is 0. The molecule has 126 valence electrons. The summed E-state index contributed by atoms with van der Waals surface area (Å²) in [6.07, 6.45) is 10.8. The predicted molar refractivity (Wildman–Crippen MR) is 101 cm³/mol. The standard InChI is InChI=1S/C20H25N3S/c1-15-12-16(13-21)8-9-18(15)22-19-23(17-6-2-3-7-17)14-20(24-19)10-4-5-11-20/h8-9,12,17H,2-7,10-11,14H2,1H3. The molecule has 4 rings (SSSR count). The molecule has 0 bridgehead atoms. The van der Waals surface area contributed by atoms with Gasteiger partial charge in [-0.15, -0.1) is 0 Å². The van der Waals surface area contributed by atoms with Gasteiger partial charge in [-0.2, -0.15) is 5.26 Å². The number of amidine groups is 1. The smallest absolute Gasteiger partial charge is 0.165 e. The molecule has 4 heteroatoms. The Labute approximate surface area is 149 Å². The van der Waals surface area contributed by atoms with E-state index >= 15 is 0 Å². The fourth-order valence-corrected chi connectivity index (χ4v) is 6.04. The minimum Gasteiger partial charge on any atom is -0.347 e. The molecule has 2 aliphatic carbocycles. The quantitative estimate of drug-likeness (QED) is 0.747. The normalized spacial score (nSPS) is 25.0. The van der Waals surface area contributed by atoms with Crippen molar-refractivity contribution in [1.29, 1.82) is 5.26 Å². The van der Waals surface area contributed by atoms with Crippen LogP contribution in [0.4, 0.5) is 5.69 Å². The van der Waals surface area contributed by atoms with Crippen molar-refractivity contribution in [2.75, 3.05) is 6.54 Å². The lowest BCUT2D eigenvalue weighted by molar-refractivity contribution is 0.301. The summed E-state index contributed by atoms with van der Waals surface area (Å²) >= 11 is 2.04. The molecule has 0 radical (unpaired) electrons. The predicted octanol–water partition coefficient (Wildman–Crippen LogP) is 5.16. The van der Waals surface area contributed by atoms with Crippen LogP contribution in [0.2, 0.25) is 0 Å². The first-order chi connectivity index (χ1) is 11.7. The van der Waals surface area contributed by atoms with Gasteiger partial charge in [0.2, 0.25) is 0 Å². The van der Waals surface area contributed by atoms with Crippen LogP contribution in [0.15, 0.2) is 23.2 Å². The van der Waals surface area contributed by atoms with Crippen molar-refractivity contribution in [2.45, 2.75) is 69.1 Å². The highest BCUT2D eigenvalue weighted by Gasteiger charge is 2.46. The number of nitrogens with zero attached hydrogens (tertiary/aromatic N) is 3. The van der Waals surface area contributed by atoms with Crippen molar-refractivity contribution in [2.24, 2.45) is 4.99 Å². The molecule has 0 N–H and O–H groups in total. The summed E-state index contributed by atoms with van der Waals surface area (Å²) in [4.78, 5) is 7.70. The third kappa shape index (κ3) is 2.95. The average molecular weight is 340 g/mol. The third-order valence-corrected chi connectivity index (χ3v) is 7.31. The Balaban J connectivity index is 1.66. The zero-order valence-electron chi connectivity index (χ0n) is 14.4. The molecule has 1 spiro atoms. The van der Waals surface area contributed by atoms with E-state index in [0.29, 0.717) is 10.8 Å². The molecule has 3 aliphatic rings. The summed E-state index contributed by atoms with van der Waals surface area (Å²) < 4.78 is 0.419. The van der Waals surface area contributed by atoms with Gasteiger partial charge in [0.25, 0.3) is 0 Å². The molecule has 1 aromatic carbocycles. The molecule has 0 aromatic heterocycles. The maximum Gasteiger partial charge on any atom is 0.165 e. The zero-order valence-corrected chi connectivity index (χ0v) is 15.2. The molecule has 1 heterocycles. The second-order valence-electron chi connectivity index (χ2n) is 7.57. The van der Waals surface area contributed by atoms with Gasteiger partial charge in [-0.1, -0.05) is 37.4 Å². The van der Waals surface area contributed by atoms with Gasteiger partial charge < -0.3 is 4.90 Å². The number of nitriles is 1. The van der Waals surface area contributed by atoms with E-state index in [1.54, 1.807) is 0 Å². The number of thioether (sulfide) groups is 1. The zero-order chi connectivity index (χ0) is 16.6. The highest BCUT2D eigenvalue weighted by atomic mass is 32.2. The summed E-state index contributed by atoms with van der Waals surface area (Å²) in [5.41, 5.74) is 2.84. The van der Waals surface area contributed by atoms with Crippen LogP contribution in [0.25, 0.3) is 0 Å². The van der Waals surface area contributed by atoms with Crippen molar-refractivity contribution in [1.82, 2.24) is 4.90 Å². The van der Waals surface area contributed by atoms with Crippen LogP contribution in [0.3, 0.4) is 0 Å². The van der Waals surface area contributed by atoms with Crippen LogP contribution in [-0.4, -0.2) is 27.4 Å². The first-order valence-electron chi connectivity index (χ1n) is 9.24. The van der Waals surface area contributed by atoms with Gasteiger partial charge >= 0.3 is 0 Å². The number of aliphatic imine (C=N–C) groups is 1. The molecule has 1 aromatic rings. The first kappa shape index (κ1) is 16.0. The molecular weight excluding hydrogens is 314 g/mol. The molecule has 0 unspecified atom stereocenters. The van der Waals surface area contributed by atoms with Crippen LogP contribution < -0.4 is 0 Å². The van der Waals surface area contributed by atoms with E-state index in [1.165, 1.54) is 63.1 Å². The van der Waals surface area contributed by atoms with Crippen LogP contribution >= 0.6 is 11.8 Å². The van der Waals surface area contributed by atoms with Gasteiger partial charge in [-0.05, 0) is 56.4 Å². The molecule has 0 atom stereocenters. The first-order valence-corrected chi connectivity index (χ1v) is 10.1. The number of hydrogen-bond acceptors (Lipinski definition) is 3.